The standard InChI is InChI=1S/C24H22ClN3O4/c1-14-4-3-5-15(10-14)20-13-21(28(27-20)22(29)8-9-23(30)31)18-12-16-11-17(32-2)6-7-19(16)26-24(18)25/h3-7,10-12,21H,8-9,13H2,1-2H3,(H,30,31). The van der Waals surface area contributed by atoms with Crippen LogP contribution in [0.25, 0.3) is 10.9 Å². The van der Waals surface area contributed by atoms with E-state index in [1.165, 1.54) is 5.01 Å². The number of carboxylic acid groups (broad SMARTS) is 1. The van der Waals surface area contributed by atoms with Gasteiger partial charge in [0.15, 0.2) is 0 Å². The predicted octanol–water partition coefficient (Wildman–Crippen LogP) is 4.75. The summed E-state index contributed by atoms with van der Waals surface area (Å²) in [7, 11) is 1.59. The van der Waals surface area contributed by atoms with Gasteiger partial charge in [0.25, 0.3) is 0 Å². The molecule has 1 aliphatic heterocycles. The Balaban J connectivity index is 1.75. The predicted molar refractivity (Wildman–Crippen MR) is 122 cm³/mol. The lowest BCUT2D eigenvalue weighted by Gasteiger charge is -2.23. The van der Waals surface area contributed by atoms with Gasteiger partial charge in [-0.3, -0.25) is 9.59 Å². The molecule has 0 aliphatic carbocycles. The van der Waals surface area contributed by atoms with Gasteiger partial charge >= 0.3 is 5.97 Å². The Morgan fingerprint density at radius 1 is 1.19 bits per heavy atom. The number of aromatic nitrogens is 1. The number of fused-ring (bicyclic) bond motifs is 1. The summed E-state index contributed by atoms with van der Waals surface area (Å²) in [5.41, 5.74) is 4.10. The Labute approximate surface area is 190 Å². The second-order valence-corrected chi connectivity index (χ2v) is 8.05. The lowest BCUT2D eigenvalue weighted by molar-refractivity contribution is -0.141. The monoisotopic (exact) mass is 451 g/mol. The molecule has 1 amide bonds. The fraction of sp³-hybridized carbons (Fsp3) is 0.250. The number of carbonyl (C=O) groups excluding carboxylic acids is 1. The largest absolute Gasteiger partial charge is 0.497 e. The Morgan fingerprint density at radius 3 is 2.72 bits per heavy atom. The molecule has 0 saturated carbocycles. The number of rotatable bonds is 6. The summed E-state index contributed by atoms with van der Waals surface area (Å²) in [5.74, 6) is -0.721. The third-order valence-electron chi connectivity index (χ3n) is 5.43. The number of aryl methyl sites for hydroxylation is 1. The fourth-order valence-corrected chi connectivity index (χ4v) is 4.09. The van der Waals surface area contributed by atoms with Crippen molar-refractivity contribution in [3.8, 4) is 5.75 Å². The van der Waals surface area contributed by atoms with Gasteiger partial charge in [-0.1, -0.05) is 41.4 Å². The highest BCUT2D eigenvalue weighted by Gasteiger charge is 2.35. The molecule has 7 nitrogen and oxygen atoms in total. The average Bonchev–Trinajstić information content (AvgIpc) is 3.22. The van der Waals surface area contributed by atoms with Crippen molar-refractivity contribution in [2.45, 2.75) is 32.2 Å². The second-order valence-electron chi connectivity index (χ2n) is 7.70. The number of pyridine rings is 1. The highest BCUT2D eigenvalue weighted by Crippen LogP contribution is 2.38. The number of aliphatic carboxylic acids is 1. The molecule has 32 heavy (non-hydrogen) atoms. The molecule has 1 aromatic heterocycles. The van der Waals surface area contributed by atoms with Crippen LogP contribution in [0.3, 0.4) is 0 Å². The van der Waals surface area contributed by atoms with E-state index in [4.69, 9.17) is 21.4 Å². The number of hydrogen-bond acceptors (Lipinski definition) is 5. The molecule has 1 unspecified atom stereocenters. The third-order valence-corrected chi connectivity index (χ3v) is 5.73. The van der Waals surface area contributed by atoms with Crippen LogP contribution in [-0.2, 0) is 9.59 Å². The van der Waals surface area contributed by atoms with Crippen molar-refractivity contribution in [3.05, 3.63) is 70.4 Å². The van der Waals surface area contributed by atoms with Crippen molar-refractivity contribution in [1.82, 2.24) is 9.99 Å². The van der Waals surface area contributed by atoms with Crippen LogP contribution >= 0.6 is 11.6 Å². The highest BCUT2D eigenvalue weighted by atomic mass is 35.5. The molecule has 1 atom stereocenters. The first-order valence-electron chi connectivity index (χ1n) is 10.2. The summed E-state index contributed by atoms with van der Waals surface area (Å²) >= 11 is 6.55. The number of hydrogen-bond donors (Lipinski definition) is 1. The maximum absolute atomic E-state index is 12.9. The number of carboxylic acids is 1. The average molecular weight is 452 g/mol. The van der Waals surface area contributed by atoms with Crippen LogP contribution in [0.5, 0.6) is 5.75 Å². The van der Waals surface area contributed by atoms with Crippen molar-refractivity contribution >= 4 is 40.1 Å². The Hall–Kier alpha value is -3.45. The summed E-state index contributed by atoms with van der Waals surface area (Å²) in [6.07, 6.45) is 0.0281. The SMILES string of the molecule is COc1ccc2nc(Cl)c(C3CC(c4cccc(C)c4)=NN3C(=O)CCC(=O)O)cc2c1. The van der Waals surface area contributed by atoms with Gasteiger partial charge in [0, 0.05) is 23.8 Å². The summed E-state index contributed by atoms with van der Waals surface area (Å²) < 4.78 is 5.31. The highest BCUT2D eigenvalue weighted by molar-refractivity contribution is 6.30. The summed E-state index contributed by atoms with van der Waals surface area (Å²) in [4.78, 5) is 28.4. The van der Waals surface area contributed by atoms with E-state index >= 15 is 0 Å². The quantitative estimate of drug-likeness (QED) is 0.546. The summed E-state index contributed by atoms with van der Waals surface area (Å²) in [6, 6.07) is 14.8. The number of amides is 1. The Bertz CT molecular complexity index is 1240. The lowest BCUT2D eigenvalue weighted by Crippen LogP contribution is -2.27. The summed E-state index contributed by atoms with van der Waals surface area (Å²) in [6.45, 7) is 1.99. The van der Waals surface area contributed by atoms with E-state index in [9.17, 15) is 9.59 Å². The molecule has 164 valence electrons. The van der Waals surface area contributed by atoms with Crippen LogP contribution in [0.15, 0.2) is 53.6 Å². The number of benzene rings is 2. The van der Waals surface area contributed by atoms with Crippen LogP contribution in [-0.4, -0.2) is 39.8 Å². The Kier molecular flexibility index (Phi) is 6.10. The van der Waals surface area contributed by atoms with Gasteiger partial charge in [0.1, 0.15) is 10.9 Å². The first-order valence-corrected chi connectivity index (χ1v) is 10.6. The molecule has 1 aliphatic rings. The van der Waals surface area contributed by atoms with E-state index in [1.54, 1.807) is 7.11 Å². The van der Waals surface area contributed by atoms with E-state index in [0.717, 1.165) is 22.2 Å². The molecule has 8 heteroatoms. The van der Waals surface area contributed by atoms with E-state index in [2.05, 4.69) is 10.1 Å². The van der Waals surface area contributed by atoms with E-state index in [-0.39, 0.29) is 23.9 Å². The van der Waals surface area contributed by atoms with E-state index in [0.29, 0.717) is 23.3 Å². The molecule has 0 saturated heterocycles. The lowest BCUT2D eigenvalue weighted by atomic mass is 9.97. The van der Waals surface area contributed by atoms with Crippen LogP contribution in [0.4, 0.5) is 0 Å². The number of halogens is 1. The second kappa shape index (κ2) is 8.96. The van der Waals surface area contributed by atoms with Crippen molar-refractivity contribution < 1.29 is 19.4 Å². The molecule has 0 fully saturated rings. The zero-order valence-electron chi connectivity index (χ0n) is 17.7. The number of carbonyl (C=O) groups is 2. The van der Waals surface area contributed by atoms with Gasteiger partial charge in [-0.2, -0.15) is 5.10 Å². The third kappa shape index (κ3) is 4.43. The smallest absolute Gasteiger partial charge is 0.303 e. The molecule has 0 bridgehead atoms. The zero-order valence-corrected chi connectivity index (χ0v) is 18.5. The van der Waals surface area contributed by atoms with Gasteiger partial charge in [-0.25, -0.2) is 9.99 Å². The maximum Gasteiger partial charge on any atom is 0.303 e. The Morgan fingerprint density at radius 2 is 2.00 bits per heavy atom. The number of hydrazone groups is 1. The molecular formula is C24H22ClN3O4. The van der Waals surface area contributed by atoms with Gasteiger partial charge < -0.3 is 9.84 Å². The van der Waals surface area contributed by atoms with Crippen LogP contribution in [0.2, 0.25) is 5.15 Å². The molecule has 1 N–H and O–H groups in total. The molecule has 4 rings (SSSR count). The van der Waals surface area contributed by atoms with Crippen molar-refractivity contribution in [3.63, 3.8) is 0 Å². The van der Waals surface area contributed by atoms with Gasteiger partial charge in [0.05, 0.1) is 30.8 Å². The minimum Gasteiger partial charge on any atom is -0.497 e. The number of methoxy groups -OCH3 is 1. The number of nitrogens with zero attached hydrogens (tertiary/aromatic N) is 3. The molecule has 2 aromatic carbocycles. The van der Waals surface area contributed by atoms with Crippen molar-refractivity contribution in [1.29, 1.82) is 0 Å². The van der Waals surface area contributed by atoms with Gasteiger partial charge in [0.2, 0.25) is 5.91 Å². The molecule has 3 aromatic rings. The van der Waals surface area contributed by atoms with Gasteiger partial charge in [-0.05, 0) is 36.8 Å². The number of ether oxygens (including phenoxy) is 1. The minimum absolute atomic E-state index is 0.150. The van der Waals surface area contributed by atoms with Crippen LogP contribution < -0.4 is 4.74 Å². The molecule has 0 spiro atoms. The zero-order chi connectivity index (χ0) is 22.8. The molecule has 0 radical (unpaired) electrons. The first-order chi connectivity index (χ1) is 15.4. The molecular weight excluding hydrogens is 430 g/mol. The van der Waals surface area contributed by atoms with E-state index in [1.807, 2.05) is 55.5 Å². The topological polar surface area (TPSA) is 92.1 Å². The van der Waals surface area contributed by atoms with Crippen LogP contribution in [0, 0.1) is 6.92 Å². The maximum atomic E-state index is 12.9. The first kappa shape index (κ1) is 21.8. The van der Waals surface area contributed by atoms with Crippen molar-refractivity contribution in [2.75, 3.05) is 7.11 Å². The minimum atomic E-state index is -1.03. The fourth-order valence-electron chi connectivity index (χ4n) is 3.82. The van der Waals surface area contributed by atoms with Crippen LogP contribution in [0.1, 0.15) is 42.0 Å². The normalized spacial score (nSPS) is 15.7. The molecule has 2 heterocycles. The summed E-state index contributed by atoms with van der Waals surface area (Å²) in [5, 5.41) is 16.1. The van der Waals surface area contributed by atoms with E-state index < -0.39 is 12.0 Å². The van der Waals surface area contributed by atoms with Crippen molar-refractivity contribution in [2.24, 2.45) is 5.10 Å². The van der Waals surface area contributed by atoms with Gasteiger partial charge in [-0.15, -0.1) is 0 Å².